The molecule has 2 rings (SSSR count). The molecule has 0 saturated carbocycles. The van der Waals surface area contributed by atoms with Crippen LogP contribution in [0.3, 0.4) is 0 Å². The quantitative estimate of drug-likeness (QED) is 0.900. The van der Waals surface area contributed by atoms with E-state index in [0.717, 1.165) is 12.0 Å². The highest BCUT2D eigenvalue weighted by atomic mass is 19.1. The predicted molar refractivity (Wildman–Crippen MR) is 78.2 cm³/mol. The van der Waals surface area contributed by atoms with Crippen LogP contribution in [0.5, 0.6) is 0 Å². The third kappa shape index (κ3) is 3.17. The van der Waals surface area contributed by atoms with Crippen LogP contribution < -0.4 is 11.1 Å². The van der Waals surface area contributed by atoms with Crippen molar-refractivity contribution in [2.24, 2.45) is 0 Å². The van der Waals surface area contributed by atoms with Crippen LogP contribution >= 0.6 is 0 Å². The van der Waals surface area contributed by atoms with E-state index in [9.17, 15) is 9.18 Å². The van der Waals surface area contributed by atoms with Crippen LogP contribution in [0.1, 0.15) is 29.4 Å². The van der Waals surface area contributed by atoms with Crippen LogP contribution in [0.15, 0.2) is 30.5 Å². The minimum absolute atomic E-state index is 0.292. The molecule has 5 heteroatoms. The number of carbonyl (C=O) groups is 1. The Hall–Kier alpha value is -2.30. The lowest BCUT2D eigenvalue weighted by molar-refractivity contribution is 0.101. The van der Waals surface area contributed by atoms with Crippen molar-refractivity contribution in [3.05, 3.63) is 47.5 Å². The van der Waals surface area contributed by atoms with Gasteiger partial charge in [-0.1, -0.05) is 6.92 Å². The van der Waals surface area contributed by atoms with E-state index in [-0.39, 0.29) is 11.7 Å². The van der Waals surface area contributed by atoms with E-state index in [1.165, 1.54) is 12.1 Å². The molecule has 1 aromatic heterocycles. The Labute approximate surface area is 117 Å². The Balaban J connectivity index is 2.23. The number of hydrogen-bond acceptors (Lipinski definition) is 2. The number of aromatic nitrogens is 1. The highest BCUT2D eigenvalue weighted by Gasteiger charge is 2.13. The average molecular weight is 275 g/mol. The average Bonchev–Trinajstić information content (AvgIpc) is 2.69. The van der Waals surface area contributed by atoms with Crippen LogP contribution in [0.2, 0.25) is 0 Å². The van der Waals surface area contributed by atoms with Crippen molar-refractivity contribution in [3.8, 4) is 0 Å². The zero-order valence-electron chi connectivity index (χ0n) is 11.6. The molecule has 1 heterocycles. The highest BCUT2D eigenvalue weighted by Crippen LogP contribution is 2.17. The Morgan fingerprint density at radius 3 is 2.75 bits per heavy atom. The standard InChI is InChI=1S/C15H18FN3O/c1-3-4-19-9-12(17)8-14(19)15(20)18-13-6-10(2)5-11(16)7-13/h5-9H,3-4,17H2,1-2H3,(H,18,20). The van der Waals surface area contributed by atoms with E-state index in [1.807, 2.05) is 6.92 Å². The molecule has 0 aliphatic heterocycles. The van der Waals surface area contributed by atoms with E-state index in [1.54, 1.807) is 29.8 Å². The Bertz CT molecular complexity index is 614. The fourth-order valence-corrected chi connectivity index (χ4v) is 2.15. The van der Waals surface area contributed by atoms with Crippen LogP contribution in [0.25, 0.3) is 0 Å². The molecule has 0 unspecified atom stereocenters. The first-order valence-corrected chi connectivity index (χ1v) is 6.53. The van der Waals surface area contributed by atoms with Crippen molar-refractivity contribution >= 4 is 17.3 Å². The van der Waals surface area contributed by atoms with Gasteiger partial charge in [0.1, 0.15) is 11.5 Å². The van der Waals surface area contributed by atoms with Gasteiger partial charge in [0.25, 0.3) is 5.91 Å². The lowest BCUT2D eigenvalue weighted by Crippen LogP contribution is -2.17. The van der Waals surface area contributed by atoms with E-state index in [0.29, 0.717) is 23.6 Å². The number of nitrogens with one attached hydrogen (secondary N) is 1. The Morgan fingerprint density at radius 1 is 1.35 bits per heavy atom. The second-order valence-electron chi connectivity index (χ2n) is 4.82. The zero-order valence-corrected chi connectivity index (χ0v) is 11.6. The molecule has 0 saturated heterocycles. The topological polar surface area (TPSA) is 60.0 Å². The summed E-state index contributed by atoms with van der Waals surface area (Å²) in [7, 11) is 0. The Morgan fingerprint density at radius 2 is 2.10 bits per heavy atom. The minimum Gasteiger partial charge on any atom is -0.397 e. The monoisotopic (exact) mass is 275 g/mol. The number of nitrogen functional groups attached to an aromatic ring is 1. The van der Waals surface area contributed by atoms with Gasteiger partial charge in [-0.15, -0.1) is 0 Å². The van der Waals surface area contributed by atoms with Gasteiger partial charge in [0, 0.05) is 18.4 Å². The summed E-state index contributed by atoms with van der Waals surface area (Å²) in [5, 5.41) is 2.70. The molecule has 0 aliphatic rings. The lowest BCUT2D eigenvalue weighted by atomic mass is 10.2. The number of benzene rings is 1. The van der Waals surface area contributed by atoms with Crippen molar-refractivity contribution in [2.45, 2.75) is 26.8 Å². The molecular weight excluding hydrogens is 257 g/mol. The molecule has 0 aliphatic carbocycles. The van der Waals surface area contributed by atoms with Crippen LogP contribution in [-0.4, -0.2) is 10.5 Å². The van der Waals surface area contributed by atoms with Crippen molar-refractivity contribution in [2.75, 3.05) is 11.1 Å². The van der Waals surface area contributed by atoms with Gasteiger partial charge >= 0.3 is 0 Å². The smallest absolute Gasteiger partial charge is 0.272 e. The van der Waals surface area contributed by atoms with E-state index in [2.05, 4.69) is 5.32 Å². The molecule has 0 atom stereocenters. The molecule has 0 bridgehead atoms. The summed E-state index contributed by atoms with van der Waals surface area (Å²) >= 11 is 0. The van der Waals surface area contributed by atoms with Gasteiger partial charge in [-0.05, 0) is 43.2 Å². The maximum absolute atomic E-state index is 13.3. The number of hydrogen-bond donors (Lipinski definition) is 2. The third-order valence-corrected chi connectivity index (χ3v) is 2.91. The van der Waals surface area contributed by atoms with Crippen molar-refractivity contribution in [1.82, 2.24) is 4.57 Å². The number of aryl methyl sites for hydroxylation is 2. The highest BCUT2D eigenvalue weighted by molar-refractivity contribution is 6.03. The van der Waals surface area contributed by atoms with Gasteiger partial charge in [0.05, 0.1) is 5.69 Å². The fourth-order valence-electron chi connectivity index (χ4n) is 2.15. The van der Waals surface area contributed by atoms with E-state index >= 15 is 0 Å². The maximum atomic E-state index is 13.3. The summed E-state index contributed by atoms with van der Waals surface area (Å²) in [5.41, 5.74) is 7.94. The van der Waals surface area contributed by atoms with Crippen LogP contribution in [0, 0.1) is 12.7 Å². The van der Waals surface area contributed by atoms with E-state index in [4.69, 9.17) is 5.73 Å². The van der Waals surface area contributed by atoms with Crippen LogP contribution in [0.4, 0.5) is 15.8 Å². The lowest BCUT2D eigenvalue weighted by Gasteiger charge is -2.09. The SMILES string of the molecule is CCCn1cc(N)cc1C(=O)Nc1cc(C)cc(F)c1. The minimum atomic E-state index is -0.372. The van der Waals surface area contributed by atoms with Gasteiger partial charge in [-0.2, -0.15) is 0 Å². The molecule has 1 amide bonds. The normalized spacial score (nSPS) is 10.6. The van der Waals surface area contributed by atoms with Gasteiger partial charge in [-0.25, -0.2) is 4.39 Å². The second kappa shape index (κ2) is 5.77. The zero-order chi connectivity index (χ0) is 14.7. The fraction of sp³-hybridized carbons (Fsp3) is 0.267. The molecule has 106 valence electrons. The molecular formula is C15H18FN3O. The number of carbonyl (C=O) groups excluding carboxylic acids is 1. The van der Waals surface area contributed by atoms with Gasteiger partial charge in [0.2, 0.25) is 0 Å². The first kappa shape index (κ1) is 14.1. The van der Waals surface area contributed by atoms with Gasteiger partial charge in [-0.3, -0.25) is 4.79 Å². The Kier molecular flexibility index (Phi) is 4.08. The molecule has 1 aromatic carbocycles. The molecule has 20 heavy (non-hydrogen) atoms. The summed E-state index contributed by atoms with van der Waals surface area (Å²) in [4.78, 5) is 12.2. The number of nitrogens with zero attached hydrogens (tertiary/aromatic N) is 1. The maximum Gasteiger partial charge on any atom is 0.272 e. The largest absolute Gasteiger partial charge is 0.397 e. The number of anilines is 2. The van der Waals surface area contributed by atoms with Crippen molar-refractivity contribution < 1.29 is 9.18 Å². The number of amides is 1. The summed E-state index contributed by atoms with van der Waals surface area (Å²) in [6.45, 7) is 4.51. The van der Waals surface area contributed by atoms with Crippen molar-refractivity contribution in [3.63, 3.8) is 0 Å². The molecule has 3 N–H and O–H groups in total. The number of rotatable bonds is 4. The first-order valence-electron chi connectivity index (χ1n) is 6.53. The number of halogens is 1. The summed E-state index contributed by atoms with van der Waals surface area (Å²) < 4.78 is 15.1. The molecule has 0 fully saturated rings. The molecule has 0 spiro atoms. The van der Waals surface area contributed by atoms with Crippen molar-refractivity contribution in [1.29, 1.82) is 0 Å². The second-order valence-corrected chi connectivity index (χ2v) is 4.82. The molecule has 4 nitrogen and oxygen atoms in total. The third-order valence-electron chi connectivity index (χ3n) is 2.91. The summed E-state index contributed by atoms with van der Waals surface area (Å²) in [6, 6.07) is 6.05. The first-order chi connectivity index (χ1) is 9.49. The van der Waals surface area contributed by atoms with E-state index < -0.39 is 0 Å². The van der Waals surface area contributed by atoms with Crippen LogP contribution in [-0.2, 0) is 6.54 Å². The predicted octanol–water partition coefficient (Wildman–Crippen LogP) is 3.18. The summed E-state index contributed by atoms with van der Waals surface area (Å²) in [6.07, 6.45) is 2.63. The summed E-state index contributed by atoms with van der Waals surface area (Å²) in [5.74, 6) is -0.663. The van der Waals surface area contributed by atoms with Gasteiger partial charge < -0.3 is 15.6 Å². The molecule has 0 radical (unpaired) electrons. The van der Waals surface area contributed by atoms with Gasteiger partial charge in [0.15, 0.2) is 0 Å². The molecule has 2 aromatic rings. The number of nitrogens with two attached hydrogens (primary N) is 1.